The van der Waals surface area contributed by atoms with Crippen LogP contribution in [0.5, 0.6) is 0 Å². The molecule has 0 aromatic heterocycles. The van der Waals surface area contributed by atoms with Gasteiger partial charge in [-0.1, -0.05) is 6.92 Å². The van der Waals surface area contributed by atoms with Gasteiger partial charge in [-0.3, -0.25) is 0 Å². The van der Waals surface area contributed by atoms with E-state index in [-0.39, 0.29) is 5.82 Å². The van der Waals surface area contributed by atoms with Crippen molar-refractivity contribution in [1.29, 1.82) is 0 Å². The first-order valence-corrected chi connectivity index (χ1v) is 5.95. The maximum Gasteiger partial charge on any atom is 0.123 e. The number of thioether (sulfide) groups is 1. The van der Waals surface area contributed by atoms with Gasteiger partial charge in [0.05, 0.1) is 0 Å². The third-order valence-corrected chi connectivity index (χ3v) is 3.58. The molecule has 2 rings (SSSR count). The second-order valence-electron chi connectivity index (χ2n) is 3.50. The number of benzene rings is 1. The topological polar surface area (TPSA) is 12.0 Å². The van der Waals surface area contributed by atoms with Crippen molar-refractivity contribution >= 4 is 11.8 Å². The highest BCUT2D eigenvalue weighted by molar-refractivity contribution is 7.99. The third kappa shape index (κ3) is 1.93. The van der Waals surface area contributed by atoms with E-state index in [9.17, 15) is 4.39 Å². The first-order valence-electron chi connectivity index (χ1n) is 4.97. The van der Waals surface area contributed by atoms with Crippen molar-refractivity contribution in [1.82, 2.24) is 5.32 Å². The number of nitrogens with one attached hydrogen (secondary N) is 1. The summed E-state index contributed by atoms with van der Waals surface area (Å²) in [5.74, 6) is 0.897. The van der Waals surface area contributed by atoms with E-state index < -0.39 is 0 Å². The summed E-state index contributed by atoms with van der Waals surface area (Å²) >= 11 is 1.81. The fourth-order valence-corrected chi connectivity index (χ4v) is 2.85. The standard InChI is InChI=1S/C11H14FNS/c1-2-5-13-10-7-14-11-4-3-8(12)6-9(10)11/h3-4,6,10,13H,2,5,7H2,1H3. The Morgan fingerprint density at radius 3 is 3.21 bits per heavy atom. The Morgan fingerprint density at radius 2 is 2.43 bits per heavy atom. The maximum absolute atomic E-state index is 13.0. The summed E-state index contributed by atoms with van der Waals surface area (Å²) in [6.45, 7) is 3.14. The molecule has 1 aromatic rings. The van der Waals surface area contributed by atoms with Gasteiger partial charge in [0.2, 0.25) is 0 Å². The Kier molecular flexibility index (Phi) is 3.08. The van der Waals surface area contributed by atoms with Gasteiger partial charge in [-0.05, 0) is 36.7 Å². The Bertz CT molecular complexity index is 327. The van der Waals surface area contributed by atoms with Gasteiger partial charge in [-0.25, -0.2) is 4.39 Å². The summed E-state index contributed by atoms with van der Waals surface area (Å²) in [6, 6.07) is 5.41. The van der Waals surface area contributed by atoms with Gasteiger partial charge in [0.15, 0.2) is 0 Å². The van der Waals surface area contributed by atoms with Crippen LogP contribution in [0.3, 0.4) is 0 Å². The van der Waals surface area contributed by atoms with Gasteiger partial charge in [0.1, 0.15) is 5.82 Å². The van der Waals surface area contributed by atoms with E-state index in [0.717, 1.165) is 24.3 Å². The summed E-state index contributed by atoms with van der Waals surface area (Å²) in [7, 11) is 0. The SMILES string of the molecule is CCCNC1CSc2ccc(F)cc21. The first kappa shape index (κ1) is 9.99. The maximum atomic E-state index is 13.0. The molecule has 0 aliphatic carbocycles. The summed E-state index contributed by atoms with van der Waals surface area (Å²) in [5, 5.41) is 3.43. The molecule has 0 saturated heterocycles. The van der Waals surface area contributed by atoms with Crippen molar-refractivity contribution in [3.8, 4) is 0 Å². The molecule has 76 valence electrons. The van der Waals surface area contributed by atoms with Gasteiger partial charge < -0.3 is 5.32 Å². The Hall–Kier alpha value is -0.540. The lowest BCUT2D eigenvalue weighted by Gasteiger charge is -2.11. The van der Waals surface area contributed by atoms with Crippen LogP contribution in [-0.4, -0.2) is 12.3 Å². The van der Waals surface area contributed by atoms with Crippen LogP contribution in [0.2, 0.25) is 0 Å². The molecule has 0 fully saturated rings. The second kappa shape index (κ2) is 4.32. The van der Waals surface area contributed by atoms with Gasteiger partial charge in [-0.15, -0.1) is 11.8 Å². The molecule has 14 heavy (non-hydrogen) atoms. The van der Waals surface area contributed by atoms with E-state index >= 15 is 0 Å². The van der Waals surface area contributed by atoms with E-state index in [1.54, 1.807) is 17.8 Å². The fraction of sp³-hybridized carbons (Fsp3) is 0.455. The van der Waals surface area contributed by atoms with Gasteiger partial charge in [-0.2, -0.15) is 0 Å². The molecule has 1 aromatic carbocycles. The fourth-order valence-electron chi connectivity index (χ4n) is 1.67. The first-order chi connectivity index (χ1) is 6.81. The van der Waals surface area contributed by atoms with Crippen LogP contribution in [-0.2, 0) is 0 Å². The molecule has 1 N–H and O–H groups in total. The predicted octanol–water partition coefficient (Wildman–Crippen LogP) is 2.97. The Balaban J connectivity index is 2.16. The lowest BCUT2D eigenvalue weighted by atomic mass is 10.1. The van der Waals surface area contributed by atoms with Crippen LogP contribution < -0.4 is 5.32 Å². The molecule has 3 heteroatoms. The van der Waals surface area contributed by atoms with Crippen LogP contribution in [0.4, 0.5) is 4.39 Å². The lowest BCUT2D eigenvalue weighted by molar-refractivity contribution is 0.568. The van der Waals surface area contributed by atoms with E-state index in [0.29, 0.717) is 6.04 Å². The normalized spacial score (nSPS) is 19.7. The van der Waals surface area contributed by atoms with Gasteiger partial charge in [0.25, 0.3) is 0 Å². The summed E-state index contributed by atoms with van der Waals surface area (Å²) < 4.78 is 13.0. The predicted molar refractivity (Wildman–Crippen MR) is 58.2 cm³/mol. The highest BCUT2D eigenvalue weighted by Gasteiger charge is 2.22. The largest absolute Gasteiger partial charge is 0.309 e. The molecule has 0 saturated carbocycles. The number of hydrogen-bond donors (Lipinski definition) is 1. The van der Waals surface area contributed by atoms with Crippen LogP contribution in [0, 0.1) is 5.82 Å². The third-order valence-electron chi connectivity index (χ3n) is 2.39. The smallest absolute Gasteiger partial charge is 0.123 e. The molecule has 1 heterocycles. The second-order valence-corrected chi connectivity index (χ2v) is 4.56. The molecule has 1 nitrogen and oxygen atoms in total. The molecule has 0 radical (unpaired) electrons. The summed E-state index contributed by atoms with van der Waals surface area (Å²) in [6.07, 6.45) is 1.12. The molecule has 1 unspecified atom stereocenters. The highest BCUT2D eigenvalue weighted by Crippen LogP contribution is 2.38. The minimum atomic E-state index is -0.130. The lowest BCUT2D eigenvalue weighted by Crippen LogP contribution is -2.21. The van der Waals surface area contributed by atoms with Crippen LogP contribution in [0.1, 0.15) is 24.9 Å². The number of rotatable bonds is 3. The minimum absolute atomic E-state index is 0.130. The Morgan fingerprint density at radius 1 is 1.57 bits per heavy atom. The number of halogens is 1. The molecule has 0 bridgehead atoms. The summed E-state index contributed by atoms with van der Waals surface area (Å²) in [5.41, 5.74) is 1.13. The van der Waals surface area contributed by atoms with E-state index in [2.05, 4.69) is 12.2 Å². The number of hydrogen-bond acceptors (Lipinski definition) is 2. The van der Waals surface area contributed by atoms with Gasteiger partial charge in [0, 0.05) is 16.7 Å². The average molecular weight is 211 g/mol. The van der Waals surface area contributed by atoms with Crippen molar-refractivity contribution in [3.63, 3.8) is 0 Å². The van der Waals surface area contributed by atoms with E-state index in [1.807, 2.05) is 6.07 Å². The number of fused-ring (bicyclic) bond motifs is 1. The minimum Gasteiger partial charge on any atom is -0.309 e. The Labute approximate surface area is 88.1 Å². The quantitative estimate of drug-likeness (QED) is 0.825. The molecular formula is C11H14FNS. The molecule has 1 aliphatic heterocycles. The molecule has 1 atom stereocenters. The van der Waals surface area contributed by atoms with Crippen LogP contribution in [0.15, 0.2) is 23.1 Å². The van der Waals surface area contributed by atoms with Crippen LogP contribution >= 0.6 is 11.8 Å². The van der Waals surface area contributed by atoms with Crippen LogP contribution in [0.25, 0.3) is 0 Å². The van der Waals surface area contributed by atoms with Crippen molar-refractivity contribution in [2.75, 3.05) is 12.3 Å². The molecular weight excluding hydrogens is 197 g/mol. The zero-order valence-corrected chi connectivity index (χ0v) is 9.03. The molecule has 0 spiro atoms. The van der Waals surface area contributed by atoms with Crippen molar-refractivity contribution in [2.45, 2.75) is 24.3 Å². The average Bonchev–Trinajstić information content (AvgIpc) is 2.57. The highest BCUT2D eigenvalue weighted by atomic mass is 32.2. The zero-order chi connectivity index (χ0) is 9.97. The van der Waals surface area contributed by atoms with Crippen molar-refractivity contribution in [2.24, 2.45) is 0 Å². The van der Waals surface area contributed by atoms with E-state index in [4.69, 9.17) is 0 Å². The molecule has 0 amide bonds. The zero-order valence-electron chi connectivity index (χ0n) is 8.22. The molecule has 1 aliphatic rings. The van der Waals surface area contributed by atoms with E-state index in [1.165, 1.54) is 11.0 Å². The monoisotopic (exact) mass is 211 g/mol. The summed E-state index contributed by atoms with van der Waals surface area (Å²) in [4.78, 5) is 1.22. The van der Waals surface area contributed by atoms with Crippen molar-refractivity contribution in [3.05, 3.63) is 29.6 Å². The van der Waals surface area contributed by atoms with Gasteiger partial charge >= 0.3 is 0 Å². The van der Waals surface area contributed by atoms with Crippen molar-refractivity contribution < 1.29 is 4.39 Å².